The first-order valence-electron chi connectivity index (χ1n) is 6.01. The van der Waals surface area contributed by atoms with Crippen LogP contribution in [-0.2, 0) is 0 Å². The second-order valence-corrected chi connectivity index (χ2v) is 5.01. The van der Waals surface area contributed by atoms with Crippen LogP contribution in [0.25, 0.3) is 0 Å². The SMILES string of the molecule is CCC(C)CC(NC)c1ccc(C)c(Cl)c1. The molecule has 0 aliphatic carbocycles. The van der Waals surface area contributed by atoms with Gasteiger partial charge in [-0.25, -0.2) is 0 Å². The maximum absolute atomic E-state index is 6.16. The molecule has 1 N–H and O–H groups in total. The molecule has 0 bridgehead atoms. The standard InChI is InChI=1S/C14H22ClN/c1-5-10(2)8-14(16-4)12-7-6-11(3)13(15)9-12/h6-7,9-10,14,16H,5,8H2,1-4H3. The van der Waals surface area contributed by atoms with Crippen molar-refractivity contribution in [1.82, 2.24) is 5.32 Å². The van der Waals surface area contributed by atoms with Crippen molar-refractivity contribution in [1.29, 1.82) is 0 Å². The molecule has 2 heteroatoms. The molecular weight excluding hydrogens is 218 g/mol. The Kier molecular flexibility index (Phi) is 5.30. The largest absolute Gasteiger partial charge is 0.313 e. The molecule has 1 aromatic rings. The van der Waals surface area contributed by atoms with Crippen LogP contribution < -0.4 is 5.32 Å². The Labute approximate surface area is 104 Å². The summed E-state index contributed by atoms with van der Waals surface area (Å²) in [5.74, 6) is 0.734. The quantitative estimate of drug-likeness (QED) is 0.806. The molecule has 0 aromatic heterocycles. The number of aryl methyl sites for hydroxylation is 1. The first kappa shape index (κ1) is 13.5. The molecule has 0 radical (unpaired) electrons. The molecule has 0 aliphatic rings. The molecule has 90 valence electrons. The summed E-state index contributed by atoms with van der Waals surface area (Å²) in [7, 11) is 2.01. The molecule has 2 unspecified atom stereocenters. The summed E-state index contributed by atoms with van der Waals surface area (Å²) in [6.07, 6.45) is 2.38. The fourth-order valence-corrected chi connectivity index (χ4v) is 2.00. The molecule has 2 atom stereocenters. The maximum Gasteiger partial charge on any atom is 0.0438 e. The van der Waals surface area contributed by atoms with Crippen LogP contribution in [0.5, 0.6) is 0 Å². The lowest BCUT2D eigenvalue weighted by molar-refractivity contribution is 0.422. The average molecular weight is 240 g/mol. The van der Waals surface area contributed by atoms with Gasteiger partial charge in [0, 0.05) is 11.1 Å². The minimum atomic E-state index is 0.410. The normalized spacial score (nSPS) is 14.8. The van der Waals surface area contributed by atoms with E-state index in [1.807, 2.05) is 14.0 Å². The summed E-state index contributed by atoms with van der Waals surface area (Å²) in [5.41, 5.74) is 2.43. The van der Waals surface area contributed by atoms with Crippen LogP contribution in [0.1, 0.15) is 43.9 Å². The van der Waals surface area contributed by atoms with Gasteiger partial charge in [-0.1, -0.05) is 44.0 Å². The van der Waals surface area contributed by atoms with Gasteiger partial charge in [0.1, 0.15) is 0 Å². The minimum absolute atomic E-state index is 0.410. The van der Waals surface area contributed by atoms with Gasteiger partial charge in [0.25, 0.3) is 0 Å². The van der Waals surface area contributed by atoms with Gasteiger partial charge in [-0.15, -0.1) is 0 Å². The Hall–Kier alpha value is -0.530. The maximum atomic E-state index is 6.16. The highest BCUT2D eigenvalue weighted by Gasteiger charge is 2.13. The highest BCUT2D eigenvalue weighted by Crippen LogP contribution is 2.26. The van der Waals surface area contributed by atoms with Gasteiger partial charge >= 0.3 is 0 Å². The first-order valence-corrected chi connectivity index (χ1v) is 6.39. The molecule has 1 aromatic carbocycles. The summed E-state index contributed by atoms with van der Waals surface area (Å²) in [6, 6.07) is 6.76. The molecule has 0 amide bonds. The lowest BCUT2D eigenvalue weighted by Crippen LogP contribution is -2.18. The van der Waals surface area contributed by atoms with Crippen molar-refractivity contribution in [2.45, 2.75) is 39.7 Å². The average Bonchev–Trinajstić information content (AvgIpc) is 2.29. The Morgan fingerprint density at radius 2 is 2.06 bits per heavy atom. The number of nitrogens with one attached hydrogen (secondary N) is 1. The molecule has 16 heavy (non-hydrogen) atoms. The van der Waals surface area contributed by atoms with Gasteiger partial charge < -0.3 is 5.32 Å². The van der Waals surface area contributed by atoms with Crippen molar-refractivity contribution >= 4 is 11.6 Å². The van der Waals surface area contributed by atoms with E-state index >= 15 is 0 Å². The van der Waals surface area contributed by atoms with Crippen molar-refractivity contribution in [3.63, 3.8) is 0 Å². The molecule has 0 spiro atoms. The van der Waals surface area contributed by atoms with Gasteiger partial charge in [-0.05, 0) is 43.5 Å². The Morgan fingerprint density at radius 3 is 2.56 bits per heavy atom. The smallest absolute Gasteiger partial charge is 0.0438 e. The van der Waals surface area contributed by atoms with Crippen molar-refractivity contribution < 1.29 is 0 Å². The van der Waals surface area contributed by atoms with E-state index in [1.165, 1.54) is 12.0 Å². The lowest BCUT2D eigenvalue weighted by atomic mass is 9.94. The van der Waals surface area contributed by atoms with Crippen LogP contribution in [0.4, 0.5) is 0 Å². The van der Waals surface area contributed by atoms with Crippen molar-refractivity contribution in [3.05, 3.63) is 34.3 Å². The number of hydrogen-bond acceptors (Lipinski definition) is 1. The van der Waals surface area contributed by atoms with Crippen LogP contribution in [0.2, 0.25) is 5.02 Å². The molecule has 0 aliphatic heterocycles. The summed E-state index contributed by atoms with van der Waals surface area (Å²) >= 11 is 6.16. The van der Waals surface area contributed by atoms with Gasteiger partial charge in [0.15, 0.2) is 0 Å². The molecule has 0 heterocycles. The monoisotopic (exact) mass is 239 g/mol. The molecule has 0 saturated heterocycles. The van der Waals surface area contributed by atoms with Crippen LogP contribution in [0.15, 0.2) is 18.2 Å². The van der Waals surface area contributed by atoms with Gasteiger partial charge in [0.2, 0.25) is 0 Å². The van der Waals surface area contributed by atoms with E-state index < -0.39 is 0 Å². The fraction of sp³-hybridized carbons (Fsp3) is 0.571. The van der Waals surface area contributed by atoms with E-state index in [-0.39, 0.29) is 0 Å². The lowest BCUT2D eigenvalue weighted by Gasteiger charge is -2.20. The van der Waals surface area contributed by atoms with Gasteiger partial charge in [0.05, 0.1) is 0 Å². The van der Waals surface area contributed by atoms with Crippen LogP contribution in [0, 0.1) is 12.8 Å². The summed E-state index contributed by atoms with van der Waals surface area (Å²) in [5, 5.41) is 4.23. The zero-order valence-electron chi connectivity index (χ0n) is 10.7. The number of hydrogen-bond donors (Lipinski definition) is 1. The van der Waals surface area contributed by atoms with Crippen LogP contribution in [-0.4, -0.2) is 7.05 Å². The van der Waals surface area contributed by atoms with Crippen LogP contribution >= 0.6 is 11.6 Å². The number of benzene rings is 1. The highest BCUT2D eigenvalue weighted by atomic mass is 35.5. The van der Waals surface area contributed by atoms with Crippen molar-refractivity contribution in [3.8, 4) is 0 Å². The Morgan fingerprint density at radius 1 is 1.38 bits per heavy atom. The molecule has 0 fully saturated rings. The third kappa shape index (κ3) is 3.50. The second kappa shape index (κ2) is 6.27. The van der Waals surface area contributed by atoms with Gasteiger partial charge in [-0.2, -0.15) is 0 Å². The Balaban J connectivity index is 2.82. The fourth-order valence-electron chi connectivity index (χ4n) is 1.82. The van der Waals surface area contributed by atoms with Crippen molar-refractivity contribution in [2.24, 2.45) is 5.92 Å². The number of rotatable bonds is 5. The van der Waals surface area contributed by atoms with E-state index in [2.05, 4.69) is 37.4 Å². The predicted molar refractivity (Wildman–Crippen MR) is 72.1 cm³/mol. The first-order chi connectivity index (χ1) is 7.58. The topological polar surface area (TPSA) is 12.0 Å². The van der Waals surface area contributed by atoms with E-state index in [0.29, 0.717) is 6.04 Å². The summed E-state index contributed by atoms with van der Waals surface area (Å²) in [4.78, 5) is 0. The zero-order chi connectivity index (χ0) is 12.1. The third-order valence-electron chi connectivity index (χ3n) is 3.28. The van der Waals surface area contributed by atoms with E-state index in [9.17, 15) is 0 Å². The molecule has 1 nitrogen and oxygen atoms in total. The minimum Gasteiger partial charge on any atom is -0.313 e. The van der Waals surface area contributed by atoms with Crippen molar-refractivity contribution in [2.75, 3.05) is 7.05 Å². The zero-order valence-corrected chi connectivity index (χ0v) is 11.4. The second-order valence-electron chi connectivity index (χ2n) is 4.60. The molecular formula is C14H22ClN. The molecule has 0 saturated carbocycles. The van der Waals surface area contributed by atoms with Gasteiger partial charge in [-0.3, -0.25) is 0 Å². The highest BCUT2D eigenvalue weighted by molar-refractivity contribution is 6.31. The van der Waals surface area contributed by atoms with E-state index in [4.69, 9.17) is 11.6 Å². The third-order valence-corrected chi connectivity index (χ3v) is 3.69. The van der Waals surface area contributed by atoms with E-state index in [1.54, 1.807) is 0 Å². The predicted octanol–water partition coefficient (Wildman–Crippen LogP) is 4.35. The Bertz CT molecular complexity index is 336. The number of halogens is 1. The van der Waals surface area contributed by atoms with Crippen LogP contribution in [0.3, 0.4) is 0 Å². The molecule has 1 rings (SSSR count). The summed E-state index contributed by atoms with van der Waals surface area (Å²) < 4.78 is 0. The van der Waals surface area contributed by atoms with E-state index in [0.717, 1.165) is 22.9 Å². The summed E-state index contributed by atoms with van der Waals surface area (Å²) in [6.45, 7) is 6.56.